The summed E-state index contributed by atoms with van der Waals surface area (Å²) in [6.07, 6.45) is 0.423. The van der Waals surface area contributed by atoms with Crippen molar-refractivity contribution in [3.8, 4) is 5.75 Å². The molecular formula is C22H21F4N3O2. The molecule has 0 aliphatic carbocycles. The third-order valence-corrected chi connectivity index (χ3v) is 5.05. The van der Waals surface area contributed by atoms with Crippen molar-refractivity contribution in [2.75, 3.05) is 7.05 Å². The summed E-state index contributed by atoms with van der Waals surface area (Å²) in [4.78, 5) is 18.9. The Hall–Kier alpha value is -3.36. The molecule has 0 bridgehead atoms. The van der Waals surface area contributed by atoms with Crippen LogP contribution >= 0.6 is 0 Å². The Kier molecular flexibility index (Phi) is 6.62. The minimum Gasteiger partial charge on any atom is -0.435 e. The highest BCUT2D eigenvalue weighted by Crippen LogP contribution is 2.40. The van der Waals surface area contributed by atoms with Gasteiger partial charge < -0.3 is 10.5 Å². The van der Waals surface area contributed by atoms with Gasteiger partial charge in [0.1, 0.15) is 5.75 Å². The number of benzene rings is 2. The van der Waals surface area contributed by atoms with Crippen LogP contribution in [0.3, 0.4) is 0 Å². The highest BCUT2D eigenvalue weighted by atomic mass is 19.3. The van der Waals surface area contributed by atoms with Crippen molar-refractivity contribution in [1.29, 1.82) is 0 Å². The van der Waals surface area contributed by atoms with Crippen LogP contribution in [-0.2, 0) is 16.8 Å². The number of ether oxygens (including phenoxy) is 1. The van der Waals surface area contributed by atoms with Crippen molar-refractivity contribution >= 4 is 11.9 Å². The van der Waals surface area contributed by atoms with Crippen molar-refractivity contribution in [3.05, 3.63) is 77.4 Å². The molecule has 1 amide bonds. The van der Waals surface area contributed by atoms with E-state index in [9.17, 15) is 22.4 Å². The molecule has 0 saturated carbocycles. The molecular weight excluding hydrogens is 414 g/mol. The second-order valence-corrected chi connectivity index (χ2v) is 7.03. The lowest BCUT2D eigenvalue weighted by Crippen LogP contribution is -2.41. The Balaban J connectivity index is 1.99. The minimum absolute atomic E-state index is 0.0202. The Bertz CT molecular complexity index is 1000. The SMILES string of the molecule is CN1C(=O)C(c2ccc(OC(F)F)cc2)(c2cccc(CCCC=C(F)F)c2)N=C1N. The summed E-state index contributed by atoms with van der Waals surface area (Å²) in [6.45, 7) is -2.97. The van der Waals surface area contributed by atoms with Crippen molar-refractivity contribution in [2.24, 2.45) is 10.7 Å². The zero-order valence-electron chi connectivity index (χ0n) is 16.7. The maximum Gasteiger partial charge on any atom is 0.387 e. The predicted octanol–water partition coefficient (Wildman–Crippen LogP) is 4.42. The normalized spacial score (nSPS) is 18.3. The van der Waals surface area contributed by atoms with Crippen LogP contribution in [0.2, 0.25) is 0 Å². The van der Waals surface area contributed by atoms with Gasteiger partial charge in [-0.05, 0) is 54.2 Å². The lowest BCUT2D eigenvalue weighted by molar-refractivity contribution is -0.129. The van der Waals surface area contributed by atoms with Crippen LogP contribution in [0.25, 0.3) is 0 Å². The van der Waals surface area contributed by atoms with Crippen molar-refractivity contribution in [3.63, 3.8) is 0 Å². The van der Waals surface area contributed by atoms with E-state index in [1.165, 1.54) is 36.2 Å². The lowest BCUT2D eigenvalue weighted by Gasteiger charge is -2.26. The number of hydrogen-bond donors (Lipinski definition) is 1. The Morgan fingerprint density at radius 2 is 1.90 bits per heavy atom. The molecule has 31 heavy (non-hydrogen) atoms. The molecule has 0 fully saturated rings. The van der Waals surface area contributed by atoms with Crippen LogP contribution in [0.15, 0.2) is 65.7 Å². The first kappa shape index (κ1) is 22.3. The average Bonchev–Trinajstić information content (AvgIpc) is 2.96. The molecule has 0 saturated heterocycles. The zero-order chi connectivity index (χ0) is 22.6. The van der Waals surface area contributed by atoms with Gasteiger partial charge in [0.05, 0.1) is 0 Å². The molecule has 164 valence electrons. The number of amides is 1. The fourth-order valence-electron chi connectivity index (χ4n) is 3.53. The highest BCUT2D eigenvalue weighted by molar-refractivity contribution is 6.08. The number of likely N-dealkylation sites (N-methyl/N-ethyl adjacent to an activating group) is 1. The number of guanidine groups is 1. The number of halogens is 4. The van der Waals surface area contributed by atoms with Gasteiger partial charge in [0, 0.05) is 7.05 Å². The van der Waals surface area contributed by atoms with Gasteiger partial charge in [0.25, 0.3) is 12.0 Å². The van der Waals surface area contributed by atoms with Crippen LogP contribution in [0.4, 0.5) is 17.6 Å². The van der Waals surface area contributed by atoms with E-state index in [0.717, 1.165) is 11.6 Å². The number of hydrogen-bond acceptors (Lipinski definition) is 4. The van der Waals surface area contributed by atoms with Gasteiger partial charge in [0.2, 0.25) is 0 Å². The van der Waals surface area contributed by atoms with E-state index in [0.29, 0.717) is 24.0 Å². The van der Waals surface area contributed by atoms with Gasteiger partial charge in [-0.2, -0.15) is 17.6 Å². The van der Waals surface area contributed by atoms with Crippen LogP contribution in [-0.4, -0.2) is 30.4 Å². The molecule has 3 rings (SSSR count). The molecule has 9 heteroatoms. The number of nitrogens with two attached hydrogens (primary N) is 1. The fourth-order valence-corrected chi connectivity index (χ4v) is 3.53. The van der Waals surface area contributed by atoms with Crippen LogP contribution in [0.5, 0.6) is 5.75 Å². The molecule has 1 heterocycles. The lowest BCUT2D eigenvalue weighted by atomic mass is 9.82. The monoisotopic (exact) mass is 435 g/mol. The van der Waals surface area contributed by atoms with E-state index in [-0.39, 0.29) is 18.1 Å². The van der Waals surface area contributed by atoms with E-state index in [1.54, 1.807) is 18.2 Å². The van der Waals surface area contributed by atoms with Crippen LogP contribution in [0.1, 0.15) is 29.5 Å². The fraction of sp³-hybridized carbons (Fsp3) is 0.273. The largest absolute Gasteiger partial charge is 0.435 e. The summed E-state index contributed by atoms with van der Waals surface area (Å²) in [5.74, 6) is -0.425. The number of aliphatic imine (C=N–C) groups is 1. The van der Waals surface area contributed by atoms with Crippen LogP contribution < -0.4 is 10.5 Å². The third-order valence-electron chi connectivity index (χ3n) is 5.05. The summed E-state index contributed by atoms with van der Waals surface area (Å²) >= 11 is 0. The van der Waals surface area contributed by atoms with E-state index < -0.39 is 24.1 Å². The van der Waals surface area contributed by atoms with Gasteiger partial charge >= 0.3 is 6.61 Å². The number of unbranched alkanes of at least 4 members (excludes halogenated alkanes) is 1. The Morgan fingerprint density at radius 1 is 1.19 bits per heavy atom. The first-order valence-corrected chi connectivity index (χ1v) is 9.53. The Labute approximate surface area is 176 Å². The number of nitrogens with zero attached hydrogens (tertiary/aromatic N) is 2. The molecule has 1 aliphatic heterocycles. The maximum atomic E-state index is 13.2. The van der Waals surface area contributed by atoms with Gasteiger partial charge in [0.15, 0.2) is 11.5 Å². The molecule has 2 aromatic carbocycles. The second kappa shape index (κ2) is 9.20. The summed E-state index contributed by atoms with van der Waals surface area (Å²) in [7, 11) is 1.50. The maximum absolute atomic E-state index is 13.2. The van der Waals surface area contributed by atoms with Gasteiger partial charge in [-0.25, -0.2) is 4.99 Å². The average molecular weight is 435 g/mol. The minimum atomic E-state index is -2.97. The molecule has 2 aromatic rings. The number of rotatable bonds is 8. The topological polar surface area (TPSA) is 67.9 Å². The molecule has 1 aliphatic rings. The number of aryl methyl sites for hydroxylation is 1. The number of allylic oxidation sites excluding steroid dienone is 1. The molecule has 5 nitrogen and oxygen atoms in total. The Morgan fingerprint density at radius 3 is 2.48 bits per heavy atom. The number of carbonyl (C=O) groups is 1. The first-order chi connectivity index (χ1) is 14.7. The zero-order valence-corrected chi connectivity index (χ0v) is 16.7. The molecule has 1 unspecified atom stereocenters. The quantitative estimate of drug-likeness (QED) is 0.493. The van der Waals surface area contributed by atoms with Gasteiger partial charge in [-0.1, -0.05) is 36.4 Å². The van der Waals surface area contributed by atoms with Gasteiger partial charge in [-0.3, -0.25) is 9.69 Å². The molecule has 0 spiro atoms. The number of carbonyl (C=O) groups excluding carboxylic acids is 1. The van der Waals surface area contributed by atoms with Crippen molar-refractivity contribution in [1.82, 2.24) is 4.90 Å². The van der Waals surface area contributed by atoms with E-state index in [2.05, 4.69) is 9.73 Å². The third kappa shape index (κ3) is 4.70. The summed E-state index contributed by atoms with van der Waals surface area (Å²) in [5, 5.41) is 0. The van der Waals surface area contributed by atoms with Crippen LogP contribution in [0, 0.1) is 0 Å². The van der Waals surface area contributed by atoms with E-state index >= 15 is 0 Å². The first-order valence-electron chi connectivity index (χ1n) is 9.53. The van der Waals surface area contributed by atoms with Gasteiger partial charge in [-0.15, -0.1) is 0 Å². The molecule has 0 aromatic heterocycles. The number of alkyl halides is 2. The summed E-state index contributed by atoms with van der Waals surface area (Å²) < 4.78 is 53.8. The summed E-state index contributed by atoms with van der Waals surface area (Å²) in [6, 6.07) is 12.8. The molecule has 1 atom stereocenters. The molecule has 0 radical (unpaired) electrons. The van der Waals surface area contributed by atoms with Crippen molar-refractivity contribution in [2.45, 2.75) is 31.4 Å². The molecule has 2 N–H and O–H groups in total. The van der Waals surface area contributed by atoms with E-state index in [4.69, 9.17) is 5.73 Å². The van der Waals surface area contributed by atoms with Crippen molar-refractivity contribution < 1.29 is 27.1 Å². The van der Waals surface area contributed by atoms with E-state index in [1.807, 2.05) is 6.07 Å². The second-order valence-electron chi connectivity index (χ2n) is 7.03. The summed E-state index contributed by atoms with van der Waals surface area (Å²) in [5.41, 5.74) is 6.27. The smallest absolute Gasteiger partial charge is 0.387 e. The predicted molar refractivity (Wildman–Crippen MR) is 108 cm³/mol. The highest BCUT2D eigenvalue weighted by Gasteiger charge is 2.49. The standard InChI is InChI=1S/C22H21F4N3O2/c1-29-19(30)22(28-21(29)27,15-9-11-17(12-10-15)31-20(25)26)16-7-4-6-14(13-16)5-2-3-8-18(23)24/h4,6-13,20H,2-3,5H2,1H3,(H2,27,28).